The Hall–Kier alpha value is -13.0. The lowest BCUT2D eigenvalue weighted by molar-refractivity contribution is -0.143. The molecule has 108 heavy (non-hydrogen) atoms. The van der Waals surface area contributed by atoms with E-state index in [0.29, 0.717) is 53.0 Å². The number of rotatable bonds is 33. The first-order valence-corrected chi connectivity index (χ1v) is 34.2. The van der Waals surface area contributed by atoms with Gasteiger partial charge in [0.15, 0.2) is 34.4 Å². The van der Waals surface area contributed by atoms with Crippen LogP contribution in [0.1, 0.15) is 122 Å². The lowest BCUT2D eigenvalue weighted by Gasteiger charge is -2.14. The molecule has 7 aromatic carbocycles. The molecule has 0 heterocycles. The molecule has 0 aromatic heterocycles. The molecular formula is C78H80N10O19S. The third-order valence-electron chi connectivity index (χ3n) is 15.3. The largest absolute Gasteiger partial charge is 0.510 e. The van der Waals surface area contributed by atoms with Gasteiger partial charge < -0.3 is 60.3 Å². The molecule has 1 unspecified atom stereocenters. The van der Waals surface area contributed by atoms with Gasteiger partial charge in [0, 0.05) is 60.6 Å². The average Bonchev–Trinajstić information content (AvgIpc) is 0.834. The van der Waals surface area contributed by atoms with Gasteiger partial charge in [-0.25, -0.2) is 19.2 Å². The molecule has 30 heteroatoms. The van der Waals surface area contributed by atoms with Crippen LogP contribution in [0, 0.1) is 0 Å². The van der Waals surface area contributed by atoms with Gasteiger partial charge >= 0.3 is 29.8 Å². The normalized spacial score (nSPS) is 12.0. The maximum atomic E-state index is 13.1. The van der Waals surface area contributed by atoms with Gasteiger partial charge in [0.05, 0.1) is 88.2 Å². The summed E-state index contributed by atoms with van der Waals surface area (Å²) in [5.41, 5.74) is 4.38. The number of esters is 5. The van der Waals surface area contributed by atoms with Crippen molar-refractivity contribution in [1.82, 2.24) is 0 Å². The zero-order valence-electron chi connectivity index (χ0n) is 60.5. The van der Waals surface area contributed by atoms with E-state index in [-0.39, 0.29) is 99.9 Å². The maximum absolute atomic E-state index is 13.1. The number of hydrogen-bond donors (Lipinski definition) is 7. The third-order valence-corrected chi connectivity index (χ3v) is 16.8. The van der Waals surface area contributed by atoms with E-state index in [1.54, 1.807) is 60.3 Å². The Balaban J connectivity index is 0.000000349. The molecule has 7 N–H and O–H groups in total. The Labute approximate surface area is 625 Å². The minimum absolute atomic E-state index is 0.00931. The molecule has 7 aromatic rings. The average molecular weight is 1490 g/mol. The number of carbonyl (C=O) groups is 11. The number of aliphatic imine (C=N–C) groups is 2. The van der Waals surface area contributed by atoms with Gasteiger partial charge in [0.2, 0.25) is 0 Å². The van der Waals surface area contributed by atoms with Crippen LogP contribution in [0.15, 0.2) is 217 Å². The number of nitrogens with one attached hydrogen (secondary N) is 4. The summed E-state index contributed by atoms with van der Waals surface area (Å²) in [6.07, 6.45) is 2.29. The molecule has 4 amide bonds. The summed E-state index contributed by atoms with van der Waals surface area (Å²) < 4.78 is 24.5. The topological polar surface area (TPSA) is 417 Å². The van der Waals surface area contributed by atoms with Crippen LogP contribution in [0.25, 0.3) is 0 Å². The van der Waals surface area contributed by atoms with Crippen molar-refractivity contribution in [2.45, 2.75) is 78.6 Å². The molecule has 0 bridgehead atoms. The zero-order chi connectivity index (χ0) is 78.8. The number of amides is 4. The van der Waals surface area contributed by atoms with Gasteiger partial charge in [-0.2, -0.15) is 22.0 Å². The van der Waals surface area contributed by atoms with Crippen LogP contribution in [0.5, 0.6) is 0 Å². The minimum atomic E-state index is -0.837. The number of nitrogens with zero attached hydrogens (tertiary/aromatic N) is 6. The van der Waals surface area contributed by atoms with Crippen molar-refractivity contribution < 1.29 is 91.7 Å². The van der Waals surface area contributed by atoms with Crippen molar-refractivity contribution in [3.63, 3.8) is 0 Å². The number of hydrogen-bond acceptors (Lipinski definition) is 26. The van der Waals surface area contributed by atoms with Gasteiger partial charge in [-0.15, -0.1) is 10.2 Å². The maximum Gasteiger partial charge on any atom is 0.338 e. The predicted octanol–water partition coefficient (Wildman–Crippen LogP) is 12.8. The van der Waals surface area contributed by atoms with Crippen molar-refractivity contribution >= 4 is 122 Å². The fourth-order valence-corrected chi connectivity index (χ4v) is 10.9. The third kappa shape index (κ3) is 26.0. The van der Waals surface area contributed by atoms with Gasteiger partial charge in [0.25, 0.3) is 23.6 Å². The second-order valence-electron chi connectivity index (χ2n) is 23.1. The highest BCUT2D eigenvalue weighted by molar-refractivity contribution is 7.99. The molecular weight excluding hydrogens is 1410 g/mol. The second-order valence-corrected chi connectivity index (χ2v) is 24.4. The number of methoxy groups -OCH3 is 4. The van der Waals surface area contributed by atoms with E-state index in [9.17, 15) is 63.0 Å². The Morgan fingerprint density at radius 2 is 0.843 bits per heavy atom. The molecule has 0 aliphatic heterocycles. The lowest BCUT2D eigenvalue weighted by atomic mass is 10.0. The van der Waals surface area contributed by atoms with E-state index in [0.717, 1.165) is 31.4 Å². The standard InChI is InChI=1S/C45H47N5O10S.C33H33N5O9/c1-6-38(31-10-8-7-9-11-31)61-25-23-39(53)60-24-22-30-12-15-36(16-13-30)49-50-41(29(3)52)43(55)48-35-19-17-34(18-20-35)47-42(54)40(28(2)51)46-27-33-26-32(44(56)58-4)14-21-37(33)45(57)59-5;1-19(40)28(34-18-23-17-22(32(44)46-3)7-14-27(23)33(45)47-4)30(42)35-24-10-12-25(13-11-24)36-31(43)29(20(2)41)38-37-26-8-5-21(6-9-26)15-16-39/h7-21,26,38,52H,6,22-25,27H2,1-5H3,(H,47,54)(H,48,55);5-14,17,39,41H,15-16,18H2,1-4H3,(H,35,42)(H,36,43). The number of thioether (sulfide) groups is 1. The Morgan fingerprint density at radius 3 is 1.19 bits per heavy atom. The van der Waals surface area contributed by atoms with Crippen LogP contribution in [0.4, 0.5) is 34.1 Å². The fraction of sp³-hybridized carbons (Fsp3) is 0.244. The molecule has 7 rings (SSSR count). The lowest BCUT2D eigenvalue weighted by Crippen LogP contribution is -2.29. The van der Waals surface area contributed by atoms with Crippen LogP contribution < -0.4 is 21.3 Å². The number of azo groups is 2. The summed E-state index contributed by atoms with van der Waals surface area (Å²) in [7, 11) is 4.78. The van der Waals surface area contributed by atoms with Crippen molar-refractivity contribution in [3.05, 3.63) is 237 Å². The number of anilines is 4. The first kappa shape index (κ1) is 84.0. The van der Waals surface area contributed by atoms with Crippen molar-refractivity contribution in [3.8, 4) is 0 Å². The van der Waals surface area contributed by atoms with Gasteiger partial charge in [0.1, 0.15) is 11.5 Å². The van der Waals surface area contributed by atoms with Crippen LogP contribution in [-0.4, -0.2) is 139 Å². The van der Waals surface area contributed by atoms with Gasteiger partial charge in [-0.3, -0.25) is 43.5 Å². The minimum Gasteiger partial charge on any atom is -0.510 e. The molecule has 562 valence electrons. The monoisotopic (exact) mass is 1490 g/mol. The SMILES string of the molecule is CCC(SCCC(=O)OCCc1ccc(N=NC(C(=O)Nc2ccc(NC(=O)C(=NCc3cc(C(=O)OC)ccc3C(=O)OC)C(C)=O)cc2)=C(C)O)cc1)c1ccccc1.COC(=O)c1ccc(C(=O)OC)c(CN=C(C(C)=O)C(=O)Nc2ccc(NC(=O)C(N=Nc3ccc(CCO)cc3)=C(C)O)cc2)c1. The number of allylic oxidation sites excluding steroid dienone is 2. The number of carbonyl (C=O) groups excluding carboxylic acids is 11. The molecule has 0 saturated carbocycles. The van der Waals surface area contributed by atoms with Gasteiger partial charge in [-0.05, 0) is 164 Å². The van der Waals surface area contributed by atoms with Crippen LogP contribution in [0.3, 0.4) is 0 Å². The van der Waals surface area contributed by atoms with E-state index < -0.39 is 70.5 Å². The van der Waals surface area contributed by atoms with Crippen molar-refractivity contribution in [2.24, 2.45) is 30.4 Å². The number of aliphatic hydroxyl groups excluding tert-OH is 3. The highest BCUT2D eigenvalue weighted by atomic mass is 32.2. The Morgan fingerprint density at radius 1 is 0.463 bits per heavy atom. The fourth-order valence-electron chi connectivity index (χ4n) is 9.73. The molecule has 0 spiro atoms. The number of Topliss-reactive ketones (excluding diaryl/α,β-unsaturated/α-hetero) is 2. The Kier molecular flexibility index (Phi) is 33.2. The van der Waals surface area contributed by atoms with Crippen LogP contribution >= 0.6 is 11.8 Å². The van der Waals surface area contributed by atoms with Crippen LogP contribution in [0.2, 0.25) is 0 Å². The summed E-state index contributed by atoms with van der Waals surface area (Å²) in [5.74, 6) is -7.49. The van der Waals surface area contributed by atoms with E-state index in [1.807, 2.05) is 18.2 Å². The zero-order valence-corrected chi connectivity index (χ0v) is 61.3. The molecule has 0 saturated heterocycles. The number of aliphatic hydroxyl groups is 3. The van der Waals surface area contributed by atoms with Crippen molar-refractivity contribution in [2.75, 3.05) is 68.7 Å². The summed E-state index contributed by atoms with van der Waals surface area (Å²) in [6.45, 7) is 6.66. The molecule has 0 radical (unpaired) electrons. The number of ether oxygens (including phenoxy) is 5. The first-order chi connectivity index (χ1) is 51.8. The quantitative estimate of drug-likeness (QED) is 0.00382. The Bertz CT molecular complexity index is 4610. The van der Waals surface area contributed by atoms with Crippen LogP contribution in [-0.2, 0) is 83.2 Å². The highest BCUT2D eigenvalue weighted by Gasteiger charge is 2.24. The van der Waals surface area contributed by atoms with E-state index in [4.69, 9.17) is 28.8 Å². The number of ketones is 2. The summed E-state index contributed by atoms with van der Waals surface area (Å²) in [5, 5.41) is 55.8. The van der Waals surface area contributed by atoms with E-state index >= 15 is 0 Å². The summed E-state index contributed by atoms with van der Waals surface area (Å²) in [6, 6.07) is 44.0. The van der Waals surface area contributed by atoms with E-state index in [2.05, 4.69) is 70.8 Å². The first-order valence-electron chi connectivity index (χ1n) is 33.2. The molecule has 29 nitrogen and oxygen atoms in total. The highest BCUT2D eigenvalue weighted by Crippen LogP contribution is 2.32. The van der Waals surface area contributed by atoms with E-state index in [1.165, 1.54) is 133 Å². The predicted molar refractivity (Wildman–Crippen MR) is 404 cm³/mol. The molecule has 0 aliphatic carbocycles. The molecule has 0 fully saturated rings. The number of benzene rings is 7. The molecule has 0 aliphatic rings. The summed E-state index contributed by atoms with van der Waals surface area (Å²) in [4.78, 5) is 146. The van der Waals surface area contributed by atoms with Gasteiger partial charge in [-0.1, -0.05) is 61.5 Å². The summed E-state index contributed by atoms with van der Waals surface area (Å²) >= 11 is 1.75. The van der Waals surface area contributed by atoms with Crippen molar-refractivity contribution in [1.29, 1.82) is 0 Å². The smallest absolute Gasteiger partial charge is 0.338 e. The second kappa shape index (κ2) is 42.7. The molecule has 1 atom stereocenters.